The van der Waals surface area contributed by atoms with E-state index in [0.29, 0.717) is 15.8 Å². The zero-order chi connectivity index (χ0) is 15.6. The minimum absolute atomic E-state index is 0.261. The van der Waals surface area contributed by atoms with Gasteiger partial charge in [0.2, 0.25) is 0 Å². The molecule has 1 aromatic rings. The van der Waals surface area contributed by atoms with Crippen molar-refractivity contribution in [1.82, 2.24) is 5.32 Å². The number of hydrogen-bond acceptors (Lipinski definition) is 4. The molecule has 0 unspecified atom stereocenters. The first-order valence-electron chi connectivity index (χ1n) is 7.52. The Morgan fingerprint density at radius 1 is 1.27 bits per heavy atom. The lowest BCUT2D eigenvalue weighted by Gasteiger charge is -2.41. The minimum Gasteiger partial charge on any atom is -0.365 e. The van der Waals surface area contributed by atoms with Crippen LogP contribution in [0.25, 0.3) is 0 Å². The van der Waals surface area contributed by atoms with Crippen molar-refractivity contribution in [2.24, 2.45) is 4.99 Å². The highest BCUT2D eigenvalue weighted by Gasteiger charge is 2.45. The Kier molecular flexibility index (Phi) is 5.00. The summed E-state index contributed by atoms with van der Waals surface area (Å²) in [6.45, 7) is 1.79. The van der Waals surface area contributed by atoms with Crippen molar-refractivity contribution in [2.75, 3.05) is 18.8 Å². The molecule has 3 rings (SSSR count). The second kappa shape index (κ2) is 6.81. The van der Waals surface area contributed by atoms with Crippen LogP contribution in [0.15, 0.2) is 23.2 Å². The van der Waals surface area contributed by atoms with Crippen molar-refractivity contribution in [3.63, 3.8) is 0 Å². The number of carbonyl (C=O) groups is 1. The van der Waals surface area contributed by atoms with E-state index in [9.17, 15) is 4.79 Å². The van der Waals surface area contributed by atoms with Crippen LogP contribution in [-0.2, 0) is 10.2 Å². The molecule has 22 heavy (non-hydrogen) atoms. The zero-order valence-corrected chi connectivity index (χ0v) is 14.5. The molecular formula is C16H18Cl2N2OS. The molecule has 1 N–H and O–H groups in total. The van der Waals surface area contributed by atoms with E-state index in [1.54, 1.807) is 6.07 Å². The van der Waals surface area contributed by atoms with E-state index in [2.05, 4.69) is 10.3 Å². The summed E-state index contributed by atoms with van der Waals surface area (Å²) in [6, 6.07) is 5.57. The van der Waals surface area contributed by atoms with Crippen molar-refractivity contribution in [1.29, 1.82) is 0 Å². The Balaban J connectivity index is 1.73. The fourth-order valence-electron chi connectivity index (χ4n) is 2.93. The quantitative estimate of drug-likeness (QED) is 0.883. The van der Waals surface area contributed by atoms with Gasteiger partial charge >= 0.3 is 0 Å². The van der Waals surface area contributed by atoms with Crippen molar-refractivity contribution in [2.45, 2.75) is 31.1 Å². The van der Waals surface area contributed by atoms with E-state index >= 15 is 0 Å². The molecule has 0 bridgehead atoms. The Hall–Kier alpha value is -0.710. The molecule has 1 heterocycles. The molecule has 0 atom stereocenters. The van der Waals surface area contributed by atoms with E-state index in [4.69, 9.17) is 23.2 Å². The zero-order valence-electron chi connectivity index (χ0n) is 12.2. The number of nitrogens with one attached hydrogen (secondary N) is 1. The average Bonchev–Trinajstić information content (AvgIpc) is 2.49. The van der Waals surface area contributed by atoms with Crippen LogP contribution in [0, 0.1) is 0 Å². The van der Waals surface area contributed by atoms with Crippen LogP contribution in [0.2, 0.25) is 10.0 Å². The SMILES string of the molecule is O=C(CSC1=NCCCN1)C1(c2ccc(Cl)c(Cl)c2)CCC1. The normalized spacial score (nSPS) is 19.8. The summed E-state index contributed by atoms with van der Waals surface area (Å²) >= 11 is 13.6. The lowest BCUT2D eigenvalue weighted by molar-refractivity contribution is -0.124. The number of thioether (sulfide) groups is 1. The third kappa shape index (κ3) is 3.15. The van der Waals surface area contributed by atoms with E-state index < -0.39 is 0 Å². The van der Waals surface area contributed by atoms with Crippen LogP contribution >= 0.6 is 35.0 Å². The standard InChI is InChI=1S/C16H18Cl2N2OS/c17-12-4-3-11(9-13(12)18)16(5-1-6-16)14(21)10-22-15-19-7-2-8-20-15/h3-4,9H,1-2,5-8,10H2,(H,19,20). The van der Waals surface area contributed by atoms with Crippen LogP contribution < -0.4 is 5.32 Å². The Bertz CT molecular complexity index is 614. The van der Waals surface area contributed by atoms with Crippen molar-refractivity contribution >= 4 is 45.9 Å². The van der Waals surface area contributed by atoms with Crippen LogP contribution in [0.1, 0.15) is 31.2 Å². The molecule has 2 aliphatic rings. The number of amidine groups is 1. The van der Waals surface area contributed by atoms with Gasteiger partial charge in [-0.05, 0) is 37.0 Å². The van der Waals surface area contributed by atoms with Crippen LogP contribution in [0.4, 0.5) is 0 Å². The number of ketones is 1. The topological polar surface area (TPSA) is 41.5 Å². The van der Waals surface area contributed by atoms with Gasteiger partial charge < -0.3 is 5.32 Å². The highest BCUT2D eigenvalue weighted by molar-refractivity contribution is 8.14. The maximum Gasteiger partial charge on any atom is 0.156 e. The van der Waals surface area contributed by atoms with E-state index in [-0.39, 0.29) is 11.2 Å². The second-order valence-electron chi connectivity index (χ2n) is 5.74. The number of carbonyl (C=O) groups excluding carboxylic acids is 1. The average molecular weight is 357 g/mol. The molecule has 118 valence electrons. The van der Waals surface area contributed by atoms with Crippen LogP contribution in [-0.4, -0.2) is 29.8 Å². The molecule has 0 radical (unpaired) electrons. The summed E-state index contributed by atoms with van der Waals surface area (Å²) in [6.07, 6.45) is 3.93. The van der Waals surface area contributed by atoms with Gasteiger partial charge in [0.25, 0.3) is 0 Å². The fraction of sp³-hybridized carbons (Fsp3) is 0.500. The summed E-state index contributed by atoms with van der Waals surface area (Å²) in [5.41, 5.74) is 0.619. The highest BCUT2D eigenvalue weighted by Crippen LogP contribution is 2.46. The van der Waals surface area contributed by atoms with Crippen molar-refractivity contribution in [3.05, 3.63) is 33.8 Å². The Morgan fingerprint density at radius 2 is 2.09 bits per heavy atom. The summed E-state index contributed by atoms with van der Waals surface area (Å²) in [7, 11) is 0. The lowest BCUT2D eigenvalue weighted by atomic mass is 9.62. The number of rotatable bonds is 4. The van der Waals surface area contributed by atoms with Gasteiger partial charge in [0, 0.05) is 13.1 Å². The van der Waals surface area contributed by atoms with Gasteiger partial charge in [-0.2, -0.15) is 0 Å². The number of aliphatic imine (C=N–C) groups is 1. The number of halogens is 2. The molecule has 1 aliphatic carbocycles. The third-order valence-corrected chi connectivity index (χ3v) is 6.11. The molecule has 0 amide bonds. The van der Waals surface area contributed by atoms with Gasteiger partial charge in [0.15, 0.2) is 11.0 Å². The van der Waals surface area contributed by atoms with E-state index in [0.717, 1.165) is 49.5 Å². The van der Waals surface area contributed by atoms with Crippen LogP contribution in [0.5, 0.6) is 0 Å². The Morgan fingerprint density at radius 3 is 2.68 bits per heavy atom. The van der Waals surface area contributed by atoms with Gasteiger partial charge in [0.05, 0.1) is 21.2 Å². The predicted octanol–water partition coefficient (Wildman–Crippen LogP) is 4.07. The van der Waals surface area contributed by atoms with Crippen molar-refractivity contribution in [3.8, 4) is 0 Å². The van der Waals surface area contributed by atoms with Gasteiger partial charge in [-0.1, -0.05) is 47.5 Å². The van der Waals surface area contributed by atoms with Gasteiger partial charge in [-0.3, -0.25) is 9.79 Å². The third-order valence-electron chi connectivity index (χ3n) is 4.42. The summed E-state index contributed by atoms with van der Waals surface area (Å²) < 4.78 is 0. The fourth-order valence-corrected chi connectivity index (χ4v) is 4.16. The molecular weight excluding hydrogens is 339 g/mol. The Labute approximate surface area is 144 Å². The van der Waals surface area contributed by atoms with Crippen LogP contribution in [0.3, 0.4) is 0 Å². The molecule has 1 saturated carbocycles. The lowest BCUT2D eigenvalue weighted by Crippen LogP contribution is -2.44. The molecule has 1 fully saturated rings. The summed E-state index contributed by atoms with van der Waals surface area (Å²) in [5.74, 6) is 0.712. The molecule has 6 heteroatoms. The predicted molar refractivity (Wildman–Crippen MR) is 94.4 cm³/mol. The second-order valence-corrected chi connectivity index (χ2v) is 7.52. The first kappa shape index (κ1) is 16.2. The maximum atomic E-state index is 12.8. The molecule has 1 aromatic carbocycles. The van der Waals surface area contributed by atoms with Gasteiger partial charge in [0.1, 0.15) is 0 Å². The number of hydrogen-bond donors (Lipinski definition) is 1. The minimum atomic E-state index is -0.379. The molecule has 1 aliphatic heterocycles. The molecule has 0 spiro atoms. The van der Waals surface area contributed by atoms with Crippen molar-refractivity contribution < 1.29 is 4.79 Å². The molecule has 3 nitrogen and oxygen atoms in total. The first-order valence-corrected chi connectivity index (χ1v) is 9.26. The summed E-state index contributed by atoms with van der Waals surface area (Å²) in [5, 5.41) is 5.18. The number of Topliss-reactive ketones (excluding diaryl/α,β-unsaturated/α-hetero) is 1. The largest absolute Gasteiger partial charge is 0.365 e. The maximum absolute atomic E-state index is 12.8. The van der Waals surface area contributed by atoms with E-state index in [1.165, 1.54) is 11.8 Å². The van der Waals surface area contributed by atoms with Gasteiger partial charge in [-0.15, -0.1) is 0 Å². The molecule has 0 saturated heterocycles. The van der Waals surface area contributed by atoms with Gasteiger partial charge in [-0.25, -0.2) is 0 Å². The smallest absolute Gasteiger partial charge is 0.156 e. The highest BCUT2D eigenvalue weighted by atomic mass is 35.5. The number of benzene rings is 1. The monoisotopic (exact) mass is 356 g/mol. The first-order chi connectivity index (χ1) is 10.6. The van der Waals surface area contributed by atoms with E-state index in [1.807, 2.05) is 12.1 Å². The summed E-state index contributed by atoms with van der Waals surface area (Å²) in [4.78, 5) is 17.2. The number of nitrogens with zero attached hydrogens (tertiary/aromatic N) is 1. The molecule has 0 aromatic heterocycles.